The largest absolute Gasteiger partial charge is 0.475 e. The molecule has 0 heterocycles. The minimum atomic E-state index is -2.89. The summed E-state index contributed by atoms with van der Waals surface area (Å²) >= 11 is 0. The standard InChI is InChI=1S/C17H28F2N2O4/c1-10(2)20-13(8-11-6-4-3-5-7-11)16(23)21-12(9-14(18)19)15(22)17(24)25/h10-14,20H,3-9H2,1-2H3,(H,21,23)(H,24,25)/t12?,13-/m0/s1. The molecule has 0 aromatic heterocycles. The summed E-state index contributed by atoms with van der Waals surface area (Å²) in [6.45, 7) is 3.72. The Hall–Kier alpha value is -1.57. The Morgan fingerprint density at radius 3 is 2.16 bits per heavy atom. The van der Waals surface area contributed by atoms with Crippen LogP contribution in [0.3, 0.4) is 0 Å². The van der Waals surface area contributed by atoms with E-state index in [0.717, 1.165) is 25.7 Å². The van der Waals surface area contributed by atoms with Gasteiger partial charge in [0.15, 0.2) is 0 Å². The van der Waals surface area contributed by atoms with Crippen LogP contribution in [0.4, 0.5) is 8.78 Å². The first kappa shape index (κ1) is 21.5. The smallest absolute Gasteiger partial charge is 0.374 e. The first-order chi connectivity index (χ1) is 11.7. The van der Waals surface area contributed by atoms with Gasteiger partial charge in [0.1, 0.15) is 6.04 Å². The van der Waals surface area contributed by atoms with Gasteiger partial charge < -0.3 is 15.7 Å². The molecule has 0 aliphatic heterocycles. The molecule has 144 valence electrons. The molecule has 0 spiro atoms. The number of hydrogen-bond donors (Lipinski definition) is 3. The molecule has 1 aliphatic carbocycles. The Kier molecular flexibility index (Phi) is 8.96. The summed E-state index contributed by atoms with van der Waals surface area (Å²) in [5, 5.41) is 14.1. The molecular weight excluding hydrogens is 334 g/mol. The summed E-state index contributed by atoms with van der Waals surface area (Å²) in [5.41, 5.74) is 0. The molecule has 1 unspecified atom stereocenters. The lowest BCUT2D eigenvalue weighted by Crippen LogP contribution is -2.53. The number of carbonyl (C=O) groups excluding carboxylic acids is 2. The molecule has 0 saturated heterocycles. The Balaban J connectivity index is 2.78. The Labute approximate surface area is 146 Å². The number of ketones is 1. The molecular formula is C17H28F2N2O4. The van der Waals surface area contributed by atoms with E-state index in [-0.39, 0.29) is 6.04 Å². The van der Waals surface area contributed by atoms with Crippen LogP contribution in [0, 0.1) is 5.92 Å². The third-order valence-electron chi connectivity index (χ3n) is 4.40. The van der Waals surface area contributed by atoms with Crippen LogP contribution in [-0.4, -0.2) is 47.3 Å². The van der Waals surface area contributed by atoms with E-state index in [1.165, 1.54) is 6.42 Å². The van der Waals surface area contributed by atoms with Gasteiger partial charge in [0.2, 0.25) is 12.3 Å². The zero-order valence-corrected chi connectivity index (χ0v) is 14.8. The number of carboxylic acids is 1. The van der Waals surface area contributed by atoms with Gasteiger partial charge in [0, 0.05) is 12.5 Å². The van der Waals surface area contributed by atoms with Crippen LogP contribution in [0.2, 0.25) is 0 Å². The van der Waals surface area contributed by atoms with E-state index in [1.54, 1.807) is 0 Å². The molecule has 2 atom stereocenters. The highest BCUT2D eigenvalue weighted by Crippen LogP contribution is 2.27. The van der Waals surface area contributed by atoms with Crippen LogP contribution in [0.1, 0.15) is 58.8 Å². The summed E-state index contributed by atoms with van der Waals surface area (Å²) in [4.78, 5) is 34.9. The Morgan fingerprint density at radius 2 is 1.68 bits per heavy atom. The van der Waals surface area contributed by atoms with Crippen LogP contribution < -0.4 is 10.6 Å². The summed E-state index contributed by atoms with van der Waals surface area (Å²) < 4.78 is 25.3. The van der Waals surface area contributed by atoms with E-state index in [4.69, 9.17) is 5.11 Å². The molecule has 0 radical (unpaired) electrons. The van der Waals surface area contributed by atoms with E-state index in [0.29, 0.717) is 12.3 Å². The number of nitrogens with one attached hydrogen (secondary N) is 2. The molecule has 3 N–H and O–H groups in total. The van der Waals surface area contributed by atoms with Crippen LogP contribution in [0.5, 0.6) is 0 Å². The number of rotatable bonds is 10. The van der Waals surface area contributed by atoms with Crippen LogP contribution >= 0.6 is 0 Å². The number of aliphatic carboxylic acids is 1. The highest BCUT2D eigenvalue weighted by Gasteiger charge is 2.32. The summed E-state index contributed by atoms with van der Waals surface area (Å²) in [5.74, 6) is -3.49. The van der Waals surface area contributed by atoms with E-state index < -0.39 is 42.6 Å². The van der Waals surface area contributed by atoms with Crippen LogP contribution in [-0.2, 0) is 14.4 Å². The van der Waals surface area contributed by atoms with Gasteiger partial charge in [-0.3, -0.25) is 9.59 Å². The average Bonchev–Trinajstić information content (AvgIpc) is 2.52. The first-order valence-corrected chi connectivity index (χ1v) is 8.82. The van der Waals surface area contributed by atoms with Crippen molar-refractivity contribution in [3.8, 4) is 0 Å². The van der Waals surface area contributed by atoms with Gasteiger partial charge in [-0.15, -0.1) is 0 Å². The maximum Gasteiger partial charge on any atom is 0.374 e. The van der Waals surface area contributed by atoms with E-state index in [9.17, 15) is 23.2 Å². The zero-order chi connectivity index (χ0) is 19.0. The molecule has 1 saturated carbocycles. The van der Waals surface area contributed by atoms with Gasteiger partial charge in [-0.1, -0.05) is 46.0 Å². The molecule has 0 aromatic rings. The predicted molar refractivity (Wildman–Crippen MR) is 88.4 cm³/mol. The third-order valence-corrected chi connectivity index (χ3v) is 4.40. The van der Waals surface area contributed by atoms with E-state index >= 15 is 0 Å². The SMILES string of the molecule is CC(C)N[C@@H](CC1CCCCC1)C(=O)NC(CC(F)F)C(=O)C(=O)O. The minimum Gasteiger partial charge on any atom is -0.475 e. The van der Waals surface area contributed by atoms with Crippen molar-refractivity contribution < 1.29 is 28.3 Å². The number of amides is 1. The second-order valence-corrected chi connectivity index (χ2v) is 6.97. The molecule has 1 rings (SSSR count). The molecule has 0 aromatic carbocycles. The van der Waals surface area contributed by atoms with E-state index in [2.05, 4.69) is 10.6 Å². The second-order valence-electron chi connectivity index (χ2n) is 6.97. The lowest BCUT2D eigenvalue weighted by molar-refractivity contribution is -0.151. The van der Waals surface area contributed by atoms with Crippen molar-refractivity contribution in [3.05, 3.63) is 0 Å². The van der Waals surface area contributed by atoms with Crippen molar-refractivity contribution in [2.24, 2.45) is 5.92 Å². The fraction of sp³-hybridized carbons (Fsp3) is 0.824. The van der Waals surface area contributed by atoms with Crippen molar-refractivity contribution >= 4 is 17.7 Å². The number of hydrogen-bond acceptors (Lipinski definition) is 4. The van der Waals surface area contributed by atoms with Crippen LogP contribution in [0.25, 0.3) is 0 Å². The summed E-state index contributed by atoms with van der Waals surface area (Å²) in [7, 11) is 0. The van der Waals surface area contributed by atoms with Gasteiger partial charge in [0.05, 0.1) is 6.04 Å². The lowest BCUT2D eigenvalue weighted by Gasteiger charge is -2.29. The van der Waals surface area contributed by atoms with Gasteiger partial charge in [-0.05, 0) is 12.3 Å². The van der Waals surface area contributed by atoms with Crippen molar-refractivity contribution in [1.29, 1.82) is 0 Å². The zero-order valence-electron chi connectivity index (χ0n) is 14.8. The monoisotopic (exact) mass is 362 g/mol. The van der Waals surface area contributed by atoms with Gasteiger partial charge >= 0.3 is 5.97 Å². The second kappa shape index (κ2) is 10.4. The lowest BCUT2D eigenvalue weighted by atomic mass is 9.84. The highest BCUT2D eigenvalue weighted by molar-refractivity contribution is 6.35. The molecule has 25 heavy (non-hydrogen) atoms. The fourth-order valence-electron chi connectivity index (χ4n) is 3.24. The predicted octanol–water partition coefficient (Wildman–Crippen LogP) is 2.12. The number of carboxylic acid groups (broad SMARTS) is 1. The van der Waals surface area contributed by atoms with Gasteiger partial charge in [0.25, 0.3) is 5.78 Å². The molecule has 0 bridgehead atoms. The number of alkyl halides is 2. The average molecular weight is 362 g/mol. The van der Waals surface area contributed by atoms with E-state index in [1.807, 2.05) is 13.8 Å². The molecule has 6 nitrogen and oxygen atoms in total. The number of halogens is 2. The quantitative estimate of drug-likeness (QED) is 0.518. The van der Waals surface area contributed by atoms with Gasteiger partial charge in [-0.2, -0.15) is 0 Å². The Morgan fingerprint density at radius 1 is 1.08 bits per heavy atom. The fourth-order valence-corrected chi connectivity index (χ4v) is 3.24. The number of Topliss-reactive ketones (excluding diaryl/α,β-unsaturated/α-hetero) is 1. The first-order valence-electron chi connectivity index (χ1n) is 8.82. The molecule has 1 fully saturated rings. The number of carbonyl (C=O) groups is 3. The molecule has 8 heteroatoms. The van der Waals surface area contributed by atoms with Crippen molar-refractivity contribution in [3.63, 3.8) is 0 Å². The summed E-state index contributed by atoms with van der Waals surface area (Å²) in [6, 6.07) is -2.36. The van der Waals surface area contributed by atoms with Crippen molar-refractivity contribution in [1.82, 2.24) is 10.6 Å². The van der Waals surface area contributed by atoms with Crippen molar-refractivity contribution in [2.45, 2.75) is 83.3 Å². The van der Waals surface area contributed by atoms with Crippen LogP contribution in [0.15, 0.2) is 0 Å². The normalized spacial score (nSPS) is 18.2. The maximum absolute atomic E-state index is 12.6. The molecule has 1 amide bonds. The maximum atomic E-state index is 12.6. The summed E-state index contributed by atoms with van der Waals surface area (Å²) in [6.07, 6.45) is 2.06. The minimum absolute atomic E-state index is 0.0111. The Bertz CT molecular complexity index is 466. The van der Waals surface area contributed by atoms with Gasteiger partial charge in [-0.25, -0.2) is 13.6 Å². The topological polar surface area (TPSA) is 95.5 Å². The molecule has 1 aliphatic rings. The third kappa shape index (κ3) is 7.90. The highest BCUT2D eigenvalue weighted by atomic mass is 19.3. The van der Waals surface area contributed by atoms with Crippen molar-refractivity contribution in [2.75, 3.05) is 0 Å².